The second kappa shape index (κ2) is 11.0. The van der Waals surface area contributed by atoms with Crippen LogP contribution in [0, 0.1) is 0 Å². The lowest BCUT2D eigenvalue weighted by Gasteiger charge is -2.27. The zero-order valence-electron chi connectivity index (χ0n) is 20.9. The lowest BCUT2D eigenvalue weighted by atomic mass is 9.93. The number of aromatic nitrogens is 3. The normalized spacial score (nSPS) is 22.4. The van der Waals surface area contributed by atoms with E-state index in [1.807, 2.05) is 6.20 Å². The number of anilines is 1. The number of nitrogens with one attached hydrogen (secondary N) is 2. The molecule has 2 aromatic heterocycles. The van der Waals surface area contributed by atoms with Gasteiger partial charge in [-0.05, 0) is 43.7 Å². The van der Waals surface area contributed by atoms with E-state index >= 15 is 0 Å². The first-order valence-corrected chi connectivity index (χ1v) is 12.9. The summed E-state index contributed by atoms with van der Waals surface area (Å²) in [6.45, 7) is 7.98. The largest absolute Gasteiger partial charge is 0.393 e. The molecule has 1 unspecified atom stereocenters. The Bertz CT molecular complexity index is 1100. The smallest absolute Gasteiger partial charge is 0.224 e. The number of benzene rings is 1. The van der Waals surface area contributed by atoms with Gasteiger partial charge in [0.1, 0.15) is 5.65 Å². The van der Waals surface area contributed by atoms with Gasteiger partial charge < -0.3 is 25.0 Å². The molecule has 1 aromatic carbocycles. The fourth-order valence-corrected chi connectivity index (χ4v) is 5.37. The summed E-state index contributed by atoms with van der Waals surface area (Å²) in [4.78, 5) is 12.1. The van der Waals surface area contributed by atoms with Crippen LogP contribution in [0.3, 0.4) is 0 Å². The van der Waals surface area contributed by atoms with Crippen LogP contribution < -0.4 is 10.6 Å². The van der Waals surface area contributed by atoms with Crippen molar-refractivity contribution in [2.45, 2.75) is 57.3 Å². The molecule has 0 bridgehead atoms. The van der Waals surface area contributed by atoms with Crippen LogP contribution in [0.1, 0.15) is 44.2 Å². The van der Waals surface area contributed by atoms with Crippen molar-refractivity contribution in [3.8, 4) is 11.1 Å². The number of nitrogens with zero attached hydrogens (tertiary/aromatic N) is 4. The lowest BCUT2D eigenvalue weighted by Crippen LogP contribution is -2.42. The minimum atomic E-state index is -0.183. The van der Waals surface area contributed by atoms with E-state index in [1.165, 1.54) is 11.1 Å². The van der Waals surface area contributed by atoms with Gasteiger partial charge in [-0.2, -0.15) is 4.98 Å². The summed E-state index contributed by atoms with van der Waals surface area (Å²) in [5.41, 5.74) is 4.64. The maximum Gasteiger partial charge on any atom is 0.224 e. The maximum absolute atomic E-state index is 10.0. The third-order valence-electron chi connectivity index (χ3n) is 7.30. The number of aliphatic hydroxyl groups is 1. The second-order valence-electron chi connectivity index (χ2n) is 10.1. The highest BCUT2D eigenvalue weighted by atomic mass is 16.5. The third-order valence-corrected chi connectivity index (χ3v) is 7.30. The Labute approximate surface area is 207 Å². The van der Waals surface area contributed by atoms with Crippen molar-refractivity contribution >= 4 is 17.0 Å². The van der Waals surface area contributed by atoms with Crippen molar-refractivity contribution in [3.05, 3.63) is 42.2 Å². The molecule has 3 heterocycles. The van der Waals surface area contributed by atoms with Crippen LogP contribution in [0.4, 0.5) is 5.95 Å². The van der Waals surface area contributed by atoms with E-state index in [0.717, 1.165) is 75.0 Å². The first-order valence-electron chi connectivity index (χ1n) is 12.9. The number of methoxy groups -OCH3 is 1. The van der Waals surface area contributed by atoms with E-state index in [2.05, 4.69) is 62.5 Å². The van der Waals surface area contributed by atoms with E-state index in [4.69, 9.17) is 9.72 Å². The van der Waals surface area contributed by atoms with Crippen LogP contribution in [-0.4, -0.2) is 76.6 Å². The van der Waals surface area contributed by atoms with Crippen LogP contribution in [0.15, 0.2) is 36.7 Å². The molecule has 8 heteroatoms. The Hall–Kier alpha value is -2.52. The molecule has 3 aromatic rings. The van der Waals surface area contributed by atoms with Gasteiger partial charge in [0.15, 0.2) is 0 Å². The lowest BCUT2D eigenvalue weighted by molar-refractivity contribution is 0.111. The van der Waals surface area contributed by atoms with Crippen LogP contribution in [0.2, 0.25) is 0 Å². The van der Waals surface area contributed by atoms with E-state index in [1.54, 1.807) is 7.11 Å². The summed E-state index contributed by atoms with van der Waals surface area (Å²) in [5, 5.41) is 17.9. The summed E-state index contributed by atoms with van der Waals surface area (Å²) in [7, 11) is 1.70. The molecule has 0 amide bonds. The van der Waals surface area contributed by atoms with Crippen molar-refractivity contribution in [1.82, 2.24) is 24.8 Å². The third kappa shape index (κ3) is 5.67. The number of aliphatic hydroxyl groups excluding tert-OH is 1. The quantitative estimate of drug-likeness (QED) is 0.457. The molecule has 1 atom stereocenters. The number of piperazine rings is 1. The molecule has 1 saturated carbocycles. The predicted molar refractivity (Wildman–Crippen MR) is 140 cm³/mol. The zero-order valence-corrected chi connectivity index (χ0v) is 20.9. The summed E-state index contributed by atoms with van der Waals surface area (Å²) in [5.74, 6) is 0.621. The molecular weight excluding hydrogens is 440 g/mol. The highest BCUT2D eigenvalue weighted by molar-refractivity contribution is 5.94. The Morgan fingerprint density at radius 1 is 1.14 bits per heavy atom. The van der Waals surface area contributed by atoms with Crippen molar-refractivity contribution in [3.63, 3.8) is 0 Å². The molecule has 35 heavy (non-hydrogen) atoms. The molecule has 0 radical (unpaired) electrons. The van der Waals surface area contributed by atoms with Crippen molar-refractivity contribution in [2.75, 3.05) is 45.2 Å². The van der Waals surface area contributed by atoms with E-state index in [-0.39, 0.29) is 12.1 Å². The minimum Gasteiger partial charge on any atom is -0.393 e. The predicted octanol–water partition coefficient (Wildman–Crippen LogP) is 3.43. The van der Waals surface area contributed by atoms with Gasteiger partial charge in [-0.1, -0.05) is 24.3 Å². The van der Waals surface area contributed by atoms with Gasteiger partial charge in [-0.25, -0.2) is 4.98 Å². The first kappa shape index (κ1) is 24.2. The fraction of sp³-hybridized carbons (Fsp3) is 0.556. The number of hydrogen-bond donors (Lipinski definition) is 3. The van der Waals surface area contributed by atoms with Crippen LogP contribution in [0.5, 0.6) is 0 Å². The summed E-state index contributed by atoms with van der Waals surface area (Å²) < 4.78 is 7.58. The standard InChI is InChI=1S/C27H38N6O2/c1-19(18-35-2)30-27-29-15-24-25(17-33(26(24)31-27)22-7-9-23(34)10-8-22)21-5-3-20(4-6-21)16-32-13-11-28-12-14-32/h3-6,15,17,19,22-23,28,34H,7-14,16,18H2,1-2H3,(H,29,30,31)/t19?,22-,23-. The number of rotatable bonds is 8. The van der Waals surface area contributed by atoms with Crippen LogP contribution in [0.25, 0.3) is 22.2 Å². The molecule has 188 valence electrons. The Kier molecular flexibility index (Phi) is 7.63. The topological polar surface area (TPSA) is 87.5 Å². The molecule has 3 N–H and O–H groups in total. The number of fused-ring (bicyclic) bond motifs is 1. The molecular formula is C27H38N6O2. The van der Waals surface area contributed by atoms with Crippen molar-refractivity contribution in [1.29, 1.82) is 0 Å². The molecule has 2 aliphatic rings. The summed E-state index contributed by atoms with van der Waals surface area (Å²) in [6, 6.07) is 9.41. The number of ether oxygens (including phenoxy) is 1. The molecule has 8 nitrogen and oxygen atoms in total. The van der Waals surface area contributed by atoms with Gasteiger partial charge in [0.2, 0.25) is 5.95 Å². The van der Waals surface area contributed by atoms with E-state index in [0.29, 0.717) is 18.6 Å². The fourth-order valence-electron chi connectivity index (χ4n) is 5.37. The molecule has 1 saturated heterocycles. The van der Waals surface area contributed by atoms with Gasteiger partial charge in [-0.15, -0.1) is 0 Å². The Morgan fingerprint density at radius 2 is 1.89 bits per heavy atom. The SMILES string of the molecule is COCC(C)Nc1ncc2c(-c3ccc(CN4CCNCC4)cc3)cn([C@H]3CC[C@H](O)CC3)c2n1. The van der Waals surface area contributed by atoms with Gasteiger partial charge in [0.05, 0.1) is 12.7 Å². The highest BCUT2D eigenvalue weighted by Crippen LogP contribution is 2.36. The van der Waals surface area contributed by atoms with Gasteiger partial charge in [-0.3, -0.25) is 4.90 Å². The van der Waals surface area contributed by atoms with E-state index in [9.17, 15) is 5.11 Å². The zero-order chi connectivity index (χ0) is 24.2. The maximum atomic E-state index is 10.0. The van der Waals surface area contributed by atoms with Crippen molar-refractivity contribution < 1.29 is 9.84 Å². The van der Waals surface area contributed by atoms with Crippen molar-refractivity contribution in [2.24, 2.45) is 0 Å². The molecule has 5 rings (SSSR count). The summed E-state index contributed by atoms with van der Waals surface area (Å²) >= 11 is 0. The van der Waals surface area contributed by atoms with Gasteiger partial charge in [0, 0.05) is 75.3 Å². The van der Waals surface area contributed by atoms with E-state index < -0.39 is 0 Å². The average Bonchev–Trinajstić information content (AvgIpc) is 3.24. The van der Waals surface area contributed by atoms with Gasteiger partial charge in [0.25, 0.3) is 0 Å². The number of hydrogen-bond acceptors (Lipinski definition) is 7. The summed E-state index contributed by atoms with van der Waals surface area (Å²) in [6.07, 6.45) is 7.60. The average molecular weight is 479 g/mol. The van der Waals surface area contributed by atoms with Gasteiger partial charge >= 0.3 is 0 Å². The first-order chi connectivity index (χ1) is 17.1. The second-order valence-corrected chi connectivity index (χ2v) is 10.1. The minimum absolute atomic E-state index is 0.119. The molecule has 1 aliphatic carbocycles. The molecule has 0 spiro atoms. The molecule has 2 fully saturated rings. The van der Waals surface area contributed by atoms with Crippen LogP contribution in [-0.2, 0) is 11.3 Å². The Balaban J connectivity index is 1.45. The highest BCUT2D eigenvalue weighted by Gasteiger charge is 2.24. The monoisotopic (exact) mass is 478 g/mol. The van der Waals surface area contributed by atoms with Crippen LogP contribution >= 0.6 is 0 Å². The Morgan fingerprint density at radius 3 is 2.60 bits per heavy atom. The molecule has 1 aliphatic heterocycles.